The quantitative estimate of drug-likeness (QED) is 0.609. The highest BCUT2D eigenvalue weighted by Gasteiger charge is 2.32. The fourth-order valence-electron chi connectivity index (χ4n) is 0.583. The Labute approximate surface area is 55.7 Å². The van der Waals surface area contributed by atoms with Gasteiger partial charge in [-0.1, -0.05) is 0 Å². The van der Waals surface area contributed by atoms with Crippen LogP contribution in [-0.4, -0.2) is 12.9 Å². The summed E-state index contributed by atoms with van der Waals surface area (Å²) in [6.45, 7) is 1.57. The van der Waals surface area contributed by atoms with Crippen molar-refractivity contribution in [3.05, 3.63) is 18.4 Å². The lowest BCUT2D eigenvalue weighted by atomic mass is 10.5. The van der Waals surface area contributed by atoms with E-state index in [-0.39, 0.29) is 5.76 Å². The van der Waals surface area contributed by atoms with Crippen LogP contribution < -0.4 is 5.32 Å². The zero-order valence-corrected chi connectivity index (χ0v) is 4.90. The highest BCUT2D eigenvalue weighted by atomic mass is 19.4. The van der Waals surface area contributed by atoms with Crippen molar-refractivity contribution in [1.29, 1.82) is 0 Å². The lowest BCUT2D eigenvalue weighted by Crippen LogP contribution is -2.13. The molecule has 1 heterocycles. The maximum absolute atomic E-state index is 11.4. The van der Waals surface area contributed by atoms with Gasteiger partial charge in [-0.25, -0.2) is 0 Å². The number of hydrogen-bond donors (Lipinski definition) is 1. The maximum Gasteiger partial charge on any atom is 0.572 e. The van der Waals surface area contributed by atoms with Crippen molar-refractivity contribution >= 4 is 0 Å². The van der Waals surface area contributed by atoms with Gasteiger partial charge in [0.1, 0.15) is 5.76 Å². The van der Waals surface area contributed by atoms with Crippen molar-refractivity contribution in [2.75, 3.05) is 6.54 Å². The Morgan fingerprint density at radius 1 is 1.50 bits per heavy atom. The highest BCUT2D eigenvalue weighted by molar-refractivity contribution is 5.11. The topological polar surface area (TPSA) is 21.3 Å². The molecular formula is C5H5F3NO. The van der Waals surface area contributed by atoms with Gasteiger partial charge in [-0.05, 0) is 6.08 Å². The third-order valence-electron chi connectivity index (χ3n) is 0.899. The molecule has 1 aliphatic rings. The molecule has 0 aromatic carbocycles. The van der Waals surface area contributed by atoms with E-state index in [4.69, 9.17) is 0 Å². The summed E-state index contributed by atoms with van der Waals surface area (Å²) in [5.74, 6) is -0.174. The van der Waals surface area contributed by atoms with Crippen LogP contribution >= 0.6 is 0 Å². The van der Waals surface area contributed by atoms with Gasteiger partial charge in [0.25, 0.3) is 0 Å². The molecule has 5 heteroatoms. The molecule has 2 nitrogen and oxygen atoms in total. The number of halogens is 3. The molecule has 0 bridgehead atoms. The molecule has 1 rings (SSSR count). The van der Waals surface area contributed by atoms with E-state index in [0.29, 0.717) is 6.54 Å². The van der Waals surface area contributed by atoms with Crippen molar-refractivity contribution < 1.29 is 17.9 Å². The number of hydrogen-bond acceptors (Lipinski definition) is 2. The summed E-state index contributed by atoms with van der Waals surface area (Å²) < 4.78 is 37.7. The molecule has 0 amide bonds. The van der Waals surface area contributed by atoms with Gasteiger partial charge in [0.05, 0.1) is 6.54 Å². The van der Waals surface area contributed by atoms with E-state index in [1.54, 1.807) is 0 Å². The first kappa shape index (κ1) is 7.40. The number of nitrogens with one attached hydrogen (secondary N) is 1. The molecule has 0 unspecified atom stereocenters. The van der Waals surface area contributed by atoms with Crippen LogP contribution in [0, 0.1) is 6.54 Å². The summed E-state index contributed by atoms with van der Waals surface area (Å²) in [6, 6.07) is 0. The SMILES string of the molecule is FC(F)(F)OC1=CCN[CH]1. The minimum absolute atomic E-state index is 0.174. The fraction of sp³-hybridized carbons (Fsp3) is 0.400. The van der Waals surface area contributed by atoms with E-state index in [9.17, 15) is 13.2 Å². The van der Waals surface area contributed by atoms with Crippen molar-refractivity contribution in [3.8, 4) is 0 Å². The molecule has 0 spiro atoms. The summed E-state index contributed by atoms with van der Waals surface area (Å²) in [4.78, 5) is 0. The van der Waals surface area contributed by atoms with Crippen LogP contribution in [0.1, 0.15) is 0 Å². The minimum atomic E-state index is -4.58. The van der Waals surface area contributed by atoms with Gasteiger partial charge in [-0.2, -0.15) is 0 Å². The first-order valence-corrected chi connectivity index (χ1v) is 2.60. The molecule has 0 saturated carbocycles. The first-order chi connectivity index (χ1) is 4.58. The van der Waals surface area contributed by atoms with Crippen LogP contribution in [0.2, 0.25) is 0 Å². The van der Waals surface area contributed by atoms with Crippen LogP contribution in [0.25, 0.3) is 0 Å². The average Bonchev–Trinajstić information content (AvgIpc) is 2.12. The summed E-state index contributed by atoms with van der Waals surface area (Å²) in [5, 5.41) is 2.55. The lowest BCUT2D eigenvalue weighted by molar-refractivity contribution is -0.304. The Morgan fingerprint density at radius 3 is 2.60 bits per heavy atom. The molecule has 0 atom stereocenters. The average molecular weight is 152 g/mol. The monoisotopic (exact) mass is 152 g/mol. The zero-order chi connectivity index (χ0) is 7.61. The molecule has 1 aliphatic heterocycles. The van der Waals surface area contributed by atoms with E-state index >= 15 is 0 Å². The van der Waals surface area contributed by atoms with Crippen LogP contribution in [0.4, 0.5) is 13.2 Å². The van der Waals surface area contributed by atoms with E-state index in [2.05, 4.69) is 10.1 Å². The van der Waals surface area contributed by atoms with Crippen LogP contribution in [0.15, 0.2) is 11.8 Å². The Kier molecular flexibility index (Phi) is 1.85. The smallest absolute Gasteiger partial charge is 0.409 e. The Balaban J connectivity index is 2.38. The largest absolute Gasteiger partial charge is 0.572 e. The van der Waals surface area contributed by atoms with E-state index < -0.39 is 6.36 Å². The second-order valence-corrected chi connectivity index (χ2v) is 1.71. The summed E-state index contributed by atoms with van der Waals surface area (Å²) in [6.07, 6.45) is -3.26. The van der Waals surface area contributed by atoms with Crippen molar-refractivity contribution in [2.45, 2.75) is 6.36 Å². The predicted octanol–water partition coefficient (Wildman–Crippen LogP) is 1.17. The minimum Gasteiger partial charge on any atom is -0.409 e. The molecule has 0 saturated heterocycles. The molecule has 10 heavy (non-hydrogen) atoms. The maximum atomic E-state index is 11.4. The number of ether oxygens (including phenoxy) is 1. The van der Waals surface area contributed by atoms with Crippen LogP contribution in [0.3, 0.4) is 0 Å². The Morgan fingerprint density at radius 2 is 2.20 bits per heavy atom. The lowest BCUT2D eigenvalue weighted by Gasteiger charge is -2.07. The summed E-state index contributed by atoms with van der Waals surface area (Å²) >= 11 is 0. The van der Waals surface area contributed by atoms with Gasteiger partial charge in [-0.3, -0.25) is 0 Å². The van der Waals surface area contributed by atoms with Crippen LogP contribution in [-0.2, 0) is 4.74 Å². The molecule has 0 aliphatic carbocycles. The third-order valence-corrected chi connectivity index (χ3v) is 0.899. The molecule has 0 fully saturated rings. The van der Waals surface area contributed by atoms with Gasteiger partial charge in [-0.15, -0.1) is 13.2 Å². The second kappa shape index (κ2) is 2.49. The van der Waals surface area contributed by atoms with Crippen molar-refractivity contribution in [2.24, 2.45) is 0 Å². The third kappa shape index (κ3) is 2.26. The van der Waals surface area contributed by atoms with E-state index in [1.807, 2.05) is 0 Å². The number of rotatable bonds is 1. The normalized spacial score (nSPS) is 18.9. The van der Waals surface area contributed by atoms with Gasteiger partial charge < -0.3 is 10.1 Å². The Bertz CT molecular complexity index is 151. The molecule has 57 valence electrons. The summed E-state index contributed by atoms with van der Waals surface area (Å²) in [5.41, 5.74) is 0. The molecule has 1 N–H and O–H groups in total. The molecule has 0 aromatic rings. The number of alkyl halides is 3. The van der Waals surface area contributed by atoms with Gasteiger partial charge >= 0.3 is 6.36 Å². The Hall–Kier alpha value is -0.710. The fourth-order valence-corrected chi connectivity index (χ4v) is 0.583. The molecule has 0 aromatic heterocycles. The van der Waals surface area contributed by atoms with Crippen molar-refractivity contribution in [1.82, 2.24) is 5.32 Å². The zero-order valence-electron chi connectivity index (χ0n) is 4.90. The van der Waals surface area contributed by atoms with E-state index in [0.717, 1.165) is 0 Å². The standard InChI is InChI=1S/C5H5F3NO/c6-5(7,8)10-4-1-2-9-3-4/h1,3,9H,2H2. The van der Waals surface area contributed by atoms with Gasteiger partial charge in [0.2, 0.25) is 0 Å². The molecule has 1 radical (unpaired) electrons. The first-order valence-electron chi connectivity index (χ1n) is 2.60. The molecular weight excluding hydrogens is 147 g/mol. The van der Waals surface area contributed by atoms with Gasteiger partial charge in [0, 0.05) is 6.54 Å². The van der Waals surface area contributed by atoms with E-state index in [1.165, 1.54) is 12.6 Å². The summed E-state index contributed by atoms with van der Waals surface area (Å²) in [7, 11) is 0. The van der Waals surface area contributed by atoms with Crippen molar-refractivity contribution in [3.63, 3.8) is 0 Å². The second-order valence-electron chi connectivity index (χ2n) is 1.71. The highest BCUT2D eigenvalue weighted by Crippen LogP contribution is 2.22. The predicted molar refractivity (Wildman–Crippen MR) is 27.5 cm³/mol. The van der Waals surface area contributed by atoms with Gasteiger partial charge in [0.15, 0.2) is 0 Å². The van der Waals surface area contributed by atoms with Crippen LogP contribution in [0.5, 0.6) is 0 Å².